The Labute approximate surface area is 187 Å². The Hall–Kier alpha value is -2.37. The number of benzene rings is 2. The molecule has 5 nitrogen and oxygen atoms in total. The van der Waals surface area contributed by atoms with E-state index in [0.29, 0.717) is 6.61 Å². The quantitative estimate of drug-likeness (QED) is 0.593. The molecule has 0 spiro atoms. The lowest BCUT2D eigenvalue weighted by Gasteiger charge is -2.39. The summed E-state index contributed by atoms with van der Waals surface area (Å²) in [6, 6.07) is 20.8. The highest BCUT2D eigenvalue weighted by Crippen LogP contribution is 2.35. The Bertz CT molecular complexity index is 794. The van der Waals surface area contributed by atoms with Crippen molar-refractivity contribution in [3.63, 3.8) is 0 Å². The first-order valence-corrected chi connectivity index (χ1v) is 11.1. The van der Waals surface area contributed by atoms with Gasteiger partial charge in [0.25, 0.3) is 0 Å². The molecule has 0 aromatic heterocycles. The van der Waals surface area contributed by atoms with Crippen LogP contribution in [0.25, 0.3) is 0 Å². The molecular formula is C26H36N2O3. The number of carbonyl (C=O) groups is 1. The van der Waals surface area contributed by atoms with Crippen LogP contribution in [0.4, 0.5) is 4.79 Å². The van der Waals surface area contributed by atoms with Crippen molar-refractivity contribution in [2.45, 2.75) is 78.0 Å². The van der Waals surface area contributed by atoms with E-state index >= 15 is 0 Å². The van der Waals surface area contributed by atoms with Gasteiger partial charge in [0.2, 0.25) is 0 Å². The van der Waals surface area contributed by atoms with E-state index in [2.05, 4.69) is 60.4 Å². The van der Waals surface area contributed by atoms with Crippen LogP contribution in [0.2, 0.25) is 0 Å². The maximum atomic E-state index is 13.1. The highest BCUT2D eigenvalue weighted by atomic mass is 16.6. The molecular weight excluding hydrogens is 388 g/mol. The van der Waals surface area contributed by atoms with Gasteiger partial charge in [0.1, 0.15) is 11.8 Å². The molecule has 0 radical (unpaired) electrons. The monoisotopic (exact) mass is 424 g/mol. The van der Waals surface area contributed by atoms with E-state index in [-0.39, 0.29) is 18.2 Å². The number of hydrogen-bond donors (Lipinski definition) is 0. The maximum absolute atomic E-state index is 13.1. The van der Waals surface area contributed by atoms with Crippen LogP contribution in [0, 0.1) is 0 Å². The summed E-state index contributed by atoms with van der Waals surface area (Å²) >= 11 is 0. The van der Waals surface area contributed by atoms with Gasteiger partial charge in [0.05, 0.1) is 12.1 Å². The van der Waals surface area contributed by atoms with Gasteiger partial charge in [-0.25, -0.2) is 4.79 Å². The Kier molecular flexibility index (Phi) is 7.07. The van der Waals surface area contributed by atoms with E-state index in [9.17, 15) is 4.79 Å². The van der Waals surface area contributed by atoms with Gasteiger partial charge in [-0.3, -0.25) is 9.80 Å². The fourth-order valence-electron chi connectivity index (χ4n) is 4.27. The standard InChI is InChI=1S/C26H36N2O3/c1-20(21(2)31-24(29)28-25(3,4)19-30-26(28,5)6)27(17-22-13-9-7-10-14-22)18-23-15-11-8-12-16-23/h7-16,20-21H,17-19H2,1-6H3/t20-,21-/m0/s1. The van der Waals surface area contributed by atoms with Crippen LogP contribution in [0.15, 0.2) is 60.7 Å². The molecule has 31 heavy (non-hydrogen) atoms. The van der Waals surface area contributed by atoms with Crippen LogP contribution >= 0.6 is 0 Å². The fourth-order valence-corrected chi connectivity index (χ4v) is 4.27. The number of carbonyl (C=O) groups excluding carboxylic acids is 1. The molecule has 0 N–H and O–H groups in total. The molecule has 5 heteroatoms. The van der Waals surface area contributed by atoms with Crippen LogP contribution in [-0.4, -0.2) is 45.9 Å². The summed E-state index contributed by atoms with van der Waals surface area (Å²) in [5, 5.41) is 0. The Morgan fingerprint density at radius 2 is 1.45 bits per heavy atom. The van der Waals surface area contributed by atoms with Gasteiger partial charge < -0.3 is 9.47 Å². The van der Waals surface area contributed by atoms with Crippen LogP contribution < -0.4 is 0 Å². The van der Waals surface area contributed by atoms with Crippen LogP contribution in [0.3, 0.4) is 0 Å². The van der Waals surface area contributed by atoms with Crippen molar-refractivity contribution in [3.05, 3.63) is 71.8 Å². The molecule has 3 rings (SSSR count). The predicted octanol–water partition coefficient (Wildman–Crippen LogP) is 5.45. The lowest BCUT2D eigenvalue weighted by molar-refractivity contribution is -0.0640. The van der Waals surface area contributed by atoms with E-state index < -0.39 is 11.3 Å². The molecule has 0 saturated carbocycles. The SMILES string of the molecule is C[C@H](OC(=O)N1C(C)(C)COC1(C)C)[C@H](C)N(Cc1ccccc1)Cc1ccccc1. The van der Waals surface area contributed by atoms with Crippen molar-refractivity contribution < 1.29 is 14.3 Å². The van der Waals surface area contributed by atoms with Crippen molar-refractivity contribution in [2.75, 3.05) is 6.61 Å². The first-order chi connectivity index (χ1) is 14.6. The summed E-state index contributed by atoms with van der Waals surface area (Å²) in [6.07, 6.45) is -0.613. The third kappa shape index (κ3) is 5.66. The van der Waals surface area contributed by atoms with Crippen molar-refractivity contribution in [1.29, 1.82) is 0 Å². The molecule has 2 atom stereocenters. The van der Waals surface area contributed by atoms with Gasteiger partial charge in [0, 0.05) is 19.1 Å². The maximum Gasteiger partial charge on any atom is 0.412 e. The largest absolute Gasteiger partial charge is 0.445 e. The smallest absolute Gasteiger partial charge is 0.412 e. The van der Waals surface area contributed by atoms with E-state index in [1.165, 1.54) is 11.1 Å². The van der Waals surface area contributed by atoms with Crippen molar-refractivity contribution in [1.82, 2.24) is 9.80 Å². The Morgan fingerprint density at radius 1 is 0.968 bits per heavy atom. The molecule has 1 fully saturated rings. The second kappa shape index (κ2) is 9.41. The normalized spacial score (nSPS) is 19.3. The van der Waals surface area contributed by atoms with E-state index in [1.54, 1.807) is 4.90 Å². The minimum atomic E-state index is -0.683. The topological polar surface area (TPSA) is 42.0 Å². The number of hydrogen-bond acceptors (Lipinski definition) is 4. The zero-order valence-electron chi connectivity index (χ0n) is 19.7. The van der Waals surface area contributed by atoms with E-state index in [4.69, 9.17) is 9.47 Å². The first kappa shape index (κ1) is 23.3. The minimum absolute atomic E-state index is 0.0270. The van der Waals surface area contributed by atoms with Crippen molar-refractivity contribution in [2.24, 2.45) is 0 Å². The van der Waals surface area contributed by atoms with Gasteiger partial charge >= 0.3 is 6.09 Å². The highest BCUT2D eigenvalue weighted by molar-refractivity contribution is 5.70. The molecule has 1 saturated heterocycles. The van der Waals surface area contributed by atoms with Gasteiger partial charge in [0.15, 0.2) is 0 Å². The average Bonchev–Trinajstić information content (AvgIpc) is 2.95. The number of ether oxygens (including phenoxy) is 2. The minimum Gasteiger partial charge on any atom is -0.445 e. The lowest BCUT2D eigenvalue weighted by Crippen LogP contribution is -2.54. The molecule has 168 valence electrons. The van der Waals surface area contributed by atoms with Gasteiger partial charge in [-0.2, -0.15) is 0 Å². The van der Waals surface area contributed by atoms with Gasteiger partial charge in [-0.1, -0.05) is 60.7 Å². The number of rotatable bonds is 7. The van der Waals surface area contributed by atoms with Crippen molar-refractivity contribution in [3.8, 4) is 0 Å². The first-order valence-electron chi connectivity index (χ1n) is 11.1. The lowest BCUT2D eigenvalue weighted by atomic mass is 10.0. The third-order valence-corrected chi connectivity index (χ3v) is 6.10. The number of nitrogens with zero attached hydrogens (tertiary/aromatic N) is 2. The Balaban J connectivity index is 1.74. The van der Waals surface area contributed by atoms with Gasteiger partial charge in [-0.15, -0.1) is 0 Å². The van der Waals surface area contributed by atoms with Crippen LogP contribution in [0.1, 0.15) is 52.7 Å². The fraction of sp³-hybridized carbons (Fsp3) is 0.500. The molecule has 1 aliphatic rings. The van der Waals surface area contributed by atoms with Gasteiger partial charge in [-0.05, 0) is 52.7 Å². The summed E-state index contributed by atoms with van der Waals surface area (Å²) in [4.78, 5) is 17.2. The summed E-state index contributed by atoms with van der Waals surface area (Å²) in [5.74, 6) is 0. The summed E-state index contributed by atoms with van der Waals surface area (Å²) in [6.45, 7) is 14.0. The molecule has 1 amide bonds. The molecule has 1 heterocycles. The van der Waals surface area contributed by atoms with E-state index in [1.807, 2.05) is 46.8 Å². The molecule has 0 unspecified atom stereocenters. The molecule has 1 aliphatic heterocycles. The number of amides is 1. The summed E-state index contributed by atoms with van der Waals surface area (Å²) in [7, 11) is 0. The summed E-state index contributed by atoms with van der Waals surface area (Å²) in [5.41, 5.74) is 1.38. The van der Waals surface area contributed by atoms with Crippen LogP contribution in [-0.2, 0) is 22.6 Å². The summed E-state index contributed by atoms with van der Waals surface area (Å²) < 4.78 is 11.8. The average molecular weight is 425 g/mol. The Morgan fingerprint density at radius 3 is 1.87 bits per heavy atom. The van der Waals surface area contributed by atoms with E-state index in [0.717, 1.165) is 13.1 Å². The second-order valence-corrected chi connectivity index (χ2v) is 9.59. The molecule has 2 aromatic rings. The van der Waals surface area contributed by atoms with Crippen molar-refractivity contribution >= 4 is 6.09 Å². The second-order valence-electron chi connectivity index (χ2n) is 9.59. The third-order valence-electron chi connectivity index (χ3n) is 6.10. The highest BCUT2D eigenvalue weighted by Gasteiger charge is 2.50. The molecule has 2 aromatic carbocycles. The zero-order chi connectivity index (χ0) is 22.6. The molecule has 0 bridgehead atoms. The van der Waals surface area contributed by atoms with Crippen LogP contribution in [0.5, 0.6) is 0 Å². The zero-order valence-corrected chi connectivity index (χ0v) is 19.7. The molecule has 0 aliphatic carbocycles. The predicted molar refractivity (Wildman–Crippen MR) is 123 cm³/mol.